The van der Waals surface area contributed by atoms with Gasteiger partial charge in [-0.2, -0.15) is 0 Å². The van der Waals surface area contributed by atoms with E-state index in [0.29, 0.717) is 0 Å². The molecule has 1 atom stereocenters. The van der Waals surface area contributed by atoms with Crippen LogP contribution in [0.4, 0.5) is 0 Å². The molecule has 0 saturated heterocycles. The number of benzene rings is 1. The van der Waals surface area contributed by atoms with E-state index in [4.69, 9.17) is 14.2 Å². The van der Waals surface area contributed by atoms with Crippen LogP contribution < -0.4 is 0 Å². The SMILES string of the molecule is COC([SiH3])C(OC)(OC)c1ccccc1. The second-order valence-electron chi connectivity index (χ2n) is 3.32. The Hall–Kier alpha value is -0.683. The summed E-state index contributed by atoms with van der Waals surface area (Å²) in [5, 5.41) is 0. The van der Waals surface area contributed by atoms with E-state index in [1.807, 2.05) is 30.3 Å². The van der Waals surface area contributed by atoms with Crippen LogP contribution in [0.1, 0.15) is 5.56 Å². The first-order valence-electron chi connectivity index (χ1n) is 4.90. The van der Waals surface area contributed by atoms with Gasteiger partial charge in [0.2, 0.25) is 5.79 Å². The first-order chi connectivity index (χ1) is 7.21. The minimum absolute atomic E-state index is 0.0464. The van der Waals surface area contributed by atoms with Crippen molar-refractivity contribution in [3.63, 3.8) is 0 Å². The summed E-state index contributed by atoms with van der Waals surface area (Å²) in [5.41, 5.74) is 0.937. The number of rotatable bonds is 5. The molecule has 0 aliphatic rings. The Bertz CT molecular complexity index is 285. The van der Waals surface area contributed by atoms with E-state index in [9.17, 15) is 0 Å². The van der Waals surface area contributed by atoms with Crippen molar-refractivity contribution in [3.8, 4) is 0 Å². The molecule has 1 rings (SSSR count). The predicted octanol–water partition coefficient (Wildman–Crippen LogP) is 0.470. The Kier molecular flexibility index (Phi) is 4.47. The molecule has 0 aliphatic carbocycles. The lowest BCUT2D eigenvalue weighted by molar-refractivity contribution is -0.253. The Morgan fingerprint density at radius 2 is 1.60 bits per heavy atom. The van der Waals surface area contributed by atoms with Crippen molar-refractivity contribution in [1.82, 2.24) is 0 Å². The molecular formula is C11H18O3Si. The van der Waals surface area contributed by atoms with Crippen molar-refractivity contribution >= 4 is 10.2 Å². The van der Waals surface area contributed by atoms with Gasteiger partial charge < -0.3 is 14.2 Å². The van der Waals surface area contributed by atoms with Crippen molar-refractivity contribution in [2.75, 3.05) is 21.3 Å². The van der Waals surface area contributed by atoms with E-state index >= 15 is 0 Å². The molecule has 0 aromatic heterocycles. The van der Waals surface area contributed by atoms with Crippen LogP contribution in [0.15, 0.2) is 30.3 Å². The first-order valence-corrected chi connectivity index (χ1v) is 6.05. The number of ether oxygens (including phenoxy) is 3. The summed E-state index contributed by atoms with van der Waals surface area (Å²) in [4.78, 5) is 0. The van der Waals surface area contributed by atoms with Crippen LogP contribution in [0.25, 0.3) is 0 Å². The molecule has 1 unspecified atom stereocenters. The molecule has 0 radical (unpaired) electrons. The van der Waals surface area contributed by atoms with Gasteiger partial charge in [0.25, 0.3) is 0 Å². The highest BCUT2D eigenvalue weighted by atomic mass is 28.1. The Labute approximate surface area is 93.8 Å². The molecule has 0 fully saturated rings. The molecule has 15 heavy (non-hydrogen) atoms. The highest BCUT2D eigenvalue weighted by Crippen LogP contribution is 2.29. The molecule has 0 bridgehead atoms. The van der Waals surface area contributed by atoms with Gasteiger partial charge in [0.15, 0.2) is 0 Å². The largest absolute Gasteiger partial charge is 0.380 e. The summed E-state index contributed by atoms with van der Waals surface area (Å²) in [6.07, 6.45) is 0. The summed E-state index contributed by atoms with van der Waals surface area (Å²) in [5.74, 6) is -0.776. The van der Waals surface area contributed by atoms with E-state index in [2.05, 4.69) is 0 Å². The maximum Gasteiger partial charge on any atom is 0.217 e. The van der Waals surface area contributed by atoms with Crippen molar-refractivity contribution < 1.29 is 14.2 Å². The summed E-state index contributed by atoms with van der Waals surface area (Å²) in [6, 6.07) is 9.86. The smallest absolute Gasteiger partial charge is 0.217 e. The summed E-state index contributed by atoms with van der Waals surface area (Å²) in [6.45, 7) is 0. The fourth-order valence-corrected chi connectivity index (χ4v) is 2.52. The maximum absolute atomic E-state index is 5.51. The fourth-order valence-electron chi connectivity index (χ4n) is 1.71. The lowest BCUT2D eigenvalue weighted by Crippen LogP contribution is -2.44. The normalized spacial score (nSPS) is 14.1. The standard InChI is InChI=1S/C11H18O3Si/c1-12-10(15)11(13-2,14-3)9-7-5-4-6-8-9/h4-8,10H,1-3,15H3. The quantitative estimate of drug-likeness (QED) is 0.539. The van der Waals surface area contributed by atoms with E-state index in [0.717, 1.165) is 15.8 Å². The molecule has 0 spiro atoms. The molecule has 1 aromatic carbocycles. The minimum atomic E-state index is -0.776. The van der Waals surface area contributed by atoms with E-state index in [1.54, 1.807) is 21.3 Å². The van der Waals surface area contributed by atoms with Crippen LogP contribution in [0, 0.1) is 0 Å². The average Bonchev–Trinajstić information content (AvgIpc) is 2.32. The Morgan fingerprint density at radius 3 is 2.00 bits per heavy atom. The average molecular weight is 226 g/mol. The second kappa shape index (κ2) is 5.41. The van der Waals surface area contributed by atoms with Crippen molar-refractivity contribution in [1.29, 1.82) is 0 Å². The molecule has 84 valence electrons. The van der Waals surface area contributed by atoms with Gasteiger partial charge in [-0.15, -0.1) is 0 Å². The Morgan fingerprint density at radius 1 is 1.07 bits per heavy atom. The zero-order valence-electron chi connectivity index (χ0n) is 9.69. The van der Waals surface area contributed by atoms with Gasteiger partial charge in [-0.05, 0) is 0 Å². The van der Waals surface area contributed by atoms with Crippen molar-refractivity contribution in [2.24, 2.45) is 0 Å². The van der Waals surface area contributed by atoms with Gasteiger partial charge in [0, 0.05) is 37.1 Å². The Balaban J connectivity index is 3.11. The molecule has 0 N–H and O–H groups in total. The molecule has 0 heterocycles. The van der Waals surface area contributed by atoms with Gasteiger partial charge in [-0.1, -0.05) is 30.3 Å². The van der Waals surface area contributed by atoms with E-state index in [-0.39, 0.29) is 5.73 Å². The van der Waals surface area contributed by atoms with Crippen molar-refractivity contribution in [3.05, 3.63) is 35.9 Å². The summed E-state index contributed by atoms with van der Waals surface area (Å²) in [7, 11) is 5.78. The summed E-state index contributed by atoms with van der Waals surface area (Å²) >= 11 is 0. The topological polar surface area (TPSA) is 27.7 Å². The lowest BCUT2D eigenvalue weighted by Gasteiger charge is -2.35. The maximum atomic E-state index is 5.51. The number of methoxy groups -OCH3 is 3. The van der Waals surface area contributed by atoms with Crippen LogP contribution in [-0.2, 0) is 20.0 Å². The van der Waals surface area contributed by atoms with Crippen LogP contribution in [0.2, 0.25) is 0 Å². The third kappa shape index (κ3) is 2.29. The summed E-state index contributed by atoms with van der Waals surface area (Å²) < 4.78 is 16.4. The molecule has 0 amide bonds. The van der Waals surface area contributed by atoms with Crippen LogP contribution in [-0.4, -0.2) is 37.3 Å². The number of hydrogen-bond acceptors (Lipinski definition) is 3. The lowest BCUT2D eigenvalue weighted by atomic mass is 10.1. The third-order valence-electron chi connectivity index (χ3n) is 2.67. The molecule has 1 aromatic rings. The van der Waals surface area contributed by atoms with E-state index in [1.165, 1.54) is 0 Å². The van der Waals surface area contributed by atoms with Crippen molar-refractivity contribution in [2.45, 2.75) is 11.5 Å². The minimum Gasteiger partial charge on any atom is -0.380 e. The van der Waals surface area contributed by atoms with Crippen LogP contribution >= 0.6 is 0 Å². The first kappa shape index (κ1) is 12.4. The fraction of sp³-hybridized carbons (Fsp3) is 0.455. The predicted molar refractivity (Wildman–Crippen MR) is 62.9 cm³/mol. The monoisotopic (exact) mass is 226 g/mol. The van der Waals surface area contributed by atoms with Gasteiger partial charge in [-0.25, -0.2) is 0 Å². The number of hydrogen-bond donors (Lipinski definition) is 0. The molecule has 3 nitrogen and oxygen atoms in total. The van der Waals surface area contributed by atoms with Gasteiger partial charge in [0.05, 0.1) is 5.73 Å². The van der Waals surface area contributed by atoms with Gasteiger partial charge in [0.1, 0.15) is 0 Å². The zero-order valence-corrected chi connectivity index (χ0v) is 11.7. The third-order valence-corrected chi connectivity index (χ3v) is 3.90. The van der Waals surface area contributed by atoms with Crippen LogP contribution in [0.3, 0.4) is 0 Å². The second-order valence-corrected chi connectivity index (χ2v) is 4.37. The van der Waals surface area contributed by atoms with Gasteiger partial charge >= 0.3 is 0 Å². The highest BCUT2D eigenvalue weighted by molar-refractivity contribution is 6.11. The van der Waals surface area contributed by atoms with Crippen LogP contribution in [0.5, 0.6) is 0 Å². The molecule has 0 aliphatic heterocycles. The molecule has 4 heteroatoms. The zero-order chi connectivity index (χ0) is 11.3. The molecule has 0 saturated carbocycles. The molecular weight excluding hydrogens is 208 g/mol. The highest BCUT2D eigenvalue weighted by Gasteiger charge is 2.38. The van der Waals surface area contributed by atoms with Gasteiger partial charge in [-0.3, -0.25) is 0 Å². The van der Waals surface area contributed by atoms with E-state index < -0.39 is 5.79 Å².